The molecule has 0 spiro atoms. The zero-order valence-electron chi connectivity index (χ0n) is 11.6. The Morgan fingerprint density at radius 3 is 2.95 bits per heavy atom. The van der Waals surface area contributed by atoms with E-state index in [2.05, 4.69) is 10.3 Å². The van der Waals surface area contributed by atoms with Gasteiger partial charge in [-0.15, -0.1) is 0 Å². The normalized spacial score (nSPS) is 16.5. The van der Waals surface area contributed by atoms with Gasteiger partial charge in [0.1, 0.15) is 5.69 Å². The third kappa shape index (κ3) is 4.35. The molecule has 5 heteroatoms. The van der Waals surface area contributed by atoms with Crippen LogP contribution in [0, 0.1) is 0 Å². The fraction of sp³-hybridized carbons (Fsp3) is 0.714. The first-order valence-corrected chi connectivity index (χ1v) is 7.13. The molecule has 1 aromatic heterocycles. The largest absolute Gasteiger partial charge is 0.378 e. The molecule has 2 rings (SSSR count). The van der Waals surface area contributed by atoms with Gasteiger partial charge in [0.15, 0.2) is 0 Å². The quantitative estimate of drug-likeness (QED) is 0.799. The van der Waals surface area contributed by atoms with E-state index in [-0.39, 0.29) is 5.91 Å². The molecule has 1 amide bonds. The van der Waals surface area contributed by atoms with Crippen LogP contribution in [0.1, 0.15) is 49.0 Å². The van der Waals surface area contributed by atoms with Gasteiger partial charge in [-0.3, -0.25) is 4.79 Å². The second-order valence-corrected chi connectivity index (χ2v) is 5.13. The predicted molar refractivity (Wildman–Crippen MR) is 73.0 cm³/mol. The SMILES string of the molecule is Cn1cncc1C(=O)NCCCOC1CCCCC1. The van der Waals surface area contributed by atoms with Gasteiger partial charge in [0.05, 0.1) is 18.6 Å². The molecule has 1 N–H and O–H groups in total. The van der Waals surface area contributed by atoms with E-state index in [1.807, 2.05) is 7.05 Å². The Kier molecular flexibility index (Phi) is 5.39. The first kappa shape index (κ1) is 14.1. The molecule has 0 atom stereocenters. The molecule has 0 unspecified atom stereocenters. The molecule has 1 heterocycles. The van der Waals surface area contributed by atoms with Crippen molar-refractivity contribution in [3.8, 4) is 0 Å². The standard InChI is InChI=1S/C14H23N3O2/c1-17-11-15-10-13(17)14(18)16-8-5-9-19-12-6-3-2-4-7-12/h10-12H,2-9H2,1H3,(H,16,18). The summed E-state index contributed by atoms with van der Waals surface area (Å²) in [5.41, 5.74) is 0.591. The van der Waals surface area contributed by atoms with Gasteiger partial charge in [0, 0.05) is 20.2 Å². The highest BCUT2D eigenvalue weighted by atomic mass is 16.5. The summed E-state index contributed by atoms with van der Waals surface area (Å²) in [7, 11) is 1.81. The maximum Gasteiger partial charge on any atom is 0.269 e. The fourth-order valence-electron chi connectivity index (χ4n) is 2.42. The fourth-order valence-corrected chi connectivity index (χ4v) is 2.42. The number of imidazole rings is 1. The zero-order chi connectivity index (χ0) is 13.5. The predicted octanol–water partition coefficient (Wildman–Crippen LogP) is 1.89. The number of hydrogen-bond acceptors (Lipinski definition) is 3. The molecule has 5 nitrogen and oxygen atoms in total. The number of hydrogen-bond donors (Lipinski definition) is 1. The molecule has 0 radical (unpaired) electrons. The van der Waals surface area contributed by atoms with Crippen LogP contribution in [0.25, 0.3) is 0 Å². The number of carbonyl (C=O) groups excluding carboxylic acids is 1. The van der Waals surface area contributed by atoms with Crippen molar-refractivity contribution in [1.82, 2.24) is 14.9 Å². The minimum atomic E-state index is -0.0716. The molecule has 19 heavy (non-hydrogen) atoms. The molecule has 1 aromatic rings. The Morgan fingerprint density at radius 2 is 2.26 bits per heavy atom. The molecule has 1 aliphatic carbocycles. The second kappa shape index (κ2) is 7.28. The summed E-state index contributed by atoms with van der Waals surface area (Å²) in [5.74, 6) is -0.0716. The van der Waals surface area contributed by atoms with Crippen LogP contribution in [0.3, 0.4) is 0 Å². The summed E-state index contributed by atoms with van der Waals surface area (Å²) in [5, 5.41) is 2.88. The Hall–Kier alpha value is -1.36. The summed E-state index contributed by atoms with van der Waals surface area (Å²) >= 11 is 0. The van der Waals surface area contributed by atoms with Crippen molar-refractivity contribution in [3.05, 3.63) is 18.2 Å². The molecule has 1 aliphatic rings. The average molecular weight is 265 g/mol. The lowest BCUT2D eigenvalue weighted by molar-refractivity contribution is 0.0273. The van der Waals surface area contributed by atoms with E-state index < -0.39 is 0 Å². The van der Waals surface area contributed by atoms with E-state index >= 15 is 0 Å². The number of rotatable bonds is 6. The molecule has 1 fully saturated rings. The van der Waals surface area contributed by atoms with Gasteiger partial charge in [-0.2, -0.15) is 0 Å². The van der Waals surface area contributed by atoms with Gasteiger partial charge in [0.25, 0.3) is 5.91 Å². The van der Waals surface area contributed by atoms with Crippen LogP contribution >= 0.6 is 0 Å². The third-order valence-corrected chi connectivity index (χ3v) is 3.56. The highest BCUT2D eigenvalue weighted by molar-refractivity contribution is 5.92. The maximum atomic E-state index is 11.8. The van der Waals surface area contributed by atoms with Crippen LogP contribution in [0.15, 0.2) is 12.5 Å². The number of aryl methyl sites for hydroxylation is 1. The van der Waals surface area contributed by atoms with Gasteiger partial charge in [-0.25, -0.2) is 4.98 Å². The minimum absolute atomic E-state index is 0.0716. The molecular weight excluding hydrogens is 242 g/mol. The lowest BCUT2D eigenvalue weighted by atomic mass is 9.98. The summed E-state index contributed by atoms with van der Waals surface area (Å²) < 4.78 is 7.53. The van der Waals surface area contributed by atoms with E-state index in [0.717, 1.165) is 13.0 Å². The van der Waals surface area contributed by atoms with Gasteiger partial charge in [-0.1, -0.05) is 19.3 Å². The highest BCUT2D eigenvalue weighted by Gasteiger charge is 2.13. The Bertz CT molecular complexity index is 397. The lowest BCUT2D eigenvalue weighted by Crippen LogP contribution is -2.27. The molecular formula is C14H23N3O2. The number of nitrogens with zero attached hydrogens (tertiary/aromatic N) is 2. The first-order valence-electron chi connectivity index (χ1n) is 7.13. The molecule has 0 saturated heterocycles. The minimum Gasteiger partial charge on any atom is -0.378 e. The van der Waals surface area contributed by atoms with Crippen LogP contribution in [0.4, 0.5) is 0 Å². The van der Waals surface area contributed by atoms with Crippen molar-refractivity contribution < 1.29 is 9.53 Å². The summed E-state index contributed by atoms with van der Waals surface area (Å²) in [6.45, 7) is 1.38. The van der Waals surface area contributed by atoms with Gasteiger partial charge < -0.3 is 14.6 Å². The Labute approximate surface area is 114 Å². The van der Waals surface area contributed by atoms with Crippen LogP contribution in [0.2, 0.25) is 0 Å². The second-order valence-electron chi connectivity index (χ2n) is 5.13. The van der Waals surface area contributed by atoms with Crippen molar-refractivity contribution in [3.63, 3.8) is 0 Å². The van der Waals surface area contributed by atoms with Crippen molar-refractivity contribution >= 4 is 5.91 Å². The third-order valence-electron chi connectivity index (χ3n) is 3.56. The van der Waals surface area contributed by atoms with Crippen LogP contribution in [-0.2, 0) is 11.8 Å². The molecule has 0 aromatic carbocycles. The van der Waals surface area contributed by atoms with Gasteiger partial charge in [0.2, 0.25) is 0 Å². The van der Waals surface area contributed by atoms with Gasteiger partial charge >= 0.3 is 0 Å². The number of amides is 1. The lowest BCUT2D eigenvalue weighted by Gasteiger charge is -2.21. The van der Waals surface area contributed by atoms with Crippen LogP contribution in [0.5, 0.6) is 0 Å². The monoisotopic (exact) mass is 265 g/mol. The molecule has 0 bridgehead atoms. The Morgan fingerprint density at radius 1 is 1.47 bits per heavy atom. The van der Waals surface area contributed by atoms with E-state index in [4.69, 9.17) is 4.74 Å². The topological polar surface area (TPSA) is 56.2 Å². The van der Waals surface area contributed by atoms with Crippen molar-refractivity contribution in [2.45, 2.75) is 44.6 Å². The molecule has 1 saturated carbocycles. The van der Waals surface area contributed by atoms with E-state index in [1.54, 1.807) is 17.1 Å². The van der Waals surface area contributed by atoms with Crippen molar-refractivity contribution in [2.75, 3.05) is 13.2 Å². The summed E-state index contributed by atoms with van der Waals surface area (Å²) in [6.07, 6.45) is 10.8. The van der Waals surface area contributed by atoms with Crippen molar-refractivity contribution in [2.24, 2.45) is 7.05 Å². The van der Waals surface area contributed by atoms with E-state index in [0.29, 0.717) is 18.3 Å². The van der Waals surface area contributed by atoms with E-state index in [9.17, 15) is 4.79 Å². The molecule has 106 valence electrons. The number of aromatic nitrogens is 2. The average Bonchev–Trinajstić information content (AvgIpc) is 2.86. The first-order chi connectivity index (χ1) is 9.27. The smallest absolute Gasteiger partial charge is 0.269 e. The number of carbonyl (C=O) groups is 1. The number of nitrogens with one attached hydrogen (secondary N) is 1. The highest BCUT2D eigenvalue weighted by Crippen LogP contribution is 2.20. The summed E-state index contributed by atoms with van der Waals surface area (Å²) in [6, 6.07) is 0. The zero-order valence-corrected chi connectivity index (χ0v) is 11.6. The maximum absolute atomic E-state index is 11.8. The van der Waals surface area contributed by atoms with Crippen LogP contribution in [-0.4, -0.2) is 34.7 Å². The van der Waals surface area contributed by atoms with E-state index in [1.165, 1.54) is 32.1 Å². The van der Waals surface area contributed by atoms with Gasteiger partial charge in [-0.05, 0) is 19.3 Å². The Balaban J connectivity index is 1.56. The van der Waals surface area contributed by atoms with Crippen LogP contribution < -0.4 is 5.32 Å². The van der Waals surface area contributed by atoms with Crippen molar-refractivity contribution in [1.29, 1.82) is 0 Å². The number of ether oxygens (including phenoxy) is 1. The summed E-state index contributed by atoms with van der Waals surface area (Å²) in [4.78, 5) is 15.7. The molecule has 0 aliphatic heterocycles.